The molecule has 28 heavy (non-hydrogen) atoms. The van der Waals surface area contributed by atoms with Crippen LogP contribution >= 0.6 is 0 Å². The third-order valence-corrected chi connectivity index (χ3v) is 10.9. The Bertz CT molecular complexity index is 780. The van der Waals surface area contributed by atoms with Crippen LogP contribution in [0.3, 0.4) is 0 Å². The lowest BCUT2D eigenvalue weighted by atomic mass is 9.35. The van der Waals surface area contributed by atoms with E-state index in [1.165, 1.54) is 44.9 Å². The van der Waals surface area contributed by atoms with Gasteiger partial charge in [-0.2, -0.15) is 0 Å². The van der Waals surface area contributed by atoms with Crippen LogP contribution in [0.2, 0.25) is 0 Å². The lowest BCUT2D eigenvalue weighted by molar-refractivity contribution is -0.205. The van der Waals surface area contributed by atoms with Crippen LogP contribution < -0.4 is 0 Å². The molecule has 154 valence electrons. The van der Waals surface area contributed by atoms with E-state index in [1.807, 2.05) is 0 Å². The van der Waals surface area contributed by atoms with Crippen molar-refractivity contribution in [2.24, 2.45) is 34.0 Å². The van der Waals surface area contributed by atoms with Gasteiger partial charge in [-0.1, -0.05) is 58.9 Å². The number of aliphatic hydroxyl groups is 1. The first kappa shape index (κ1) is 19.2. The molecule has 0 aliphatic heterocycles. The molecule has 0 spiro atoms. The van der Waals surface area contributed by atoms with E-state index in [-0.39, 0.29) is 11.5 Å². The van der Waals surface area contributed by atoms with Crippen molar-refractivity contribution in [2.75, 3.05) is 0 Å². The third-order valence-electron chi connectivity index (χ3n) is 10.9. The topological polar surface area (TPSA) is 20.2 Å². The molecule has 0 heterocycles. The van der Waals surface area contributed by atoms with Gasteiger partial charge in [0, 0.05) is 0 Å². The monoisotopic (exact) mass is 380 g/mol. The first-order valence-electron chi connectivity index (χ1n) is 11.9. The molecule has 0 radical (unpaired) electrons. The zero-order valence-electron chi connectivity index (χ0n) is 18.7. The summed E-state index contributed by atoms with van der Waals surface area (Å²) >= 11 is 0. The first-order valence-corrected chi connectivity index (χ1v) is 11.9. The van der Waals surface area contributed by atoms with Crippen molar-refractivity contribution in [3.05, 3.63) is 35.4 Å². The van der Waals surface area contributed by atoms with Crippen molar-refractivity contribution in [2.45, 2.75) is 97.5 Å². The fourth-order valence-corrected chi connectivity index (χ4v) is 9.57. The predicted molar refractivity (Wildman–Crippen MR) is 116 cm³/mol. The van der Waals surface area contributed by atoms with Crippen LogP contribution in [0, 0.1) is 34.0 Å². The summed E-state index contributed by atoms with van der Waals surface area (Å²) in [6.07, 6.45) is 10.1. The molecule has 0 unspecified atom stereocenters. The molecular weight excluding hydrogens is 340 g/mol. The molecule has 1 N–H and O–H groups in total. The van der Waals surface area contributed by atoms with Gasteiger partial charge in [-0.15, -0.1) is 0 Å². The molecule has 0 saturated heterocycles. The zero-order chi connectivity index (χ0) is 19.9. The molecule has 0 amide bonds. The van der Waals surface area contributed by atoms with Gasteiger partial charge in [0.2, 0.25) is 0 Å². The van der Waals surface area contributed by atoms with E-state index >= 15 is 0 Å². The largest absolute Gasteiger partial charge is 0.393 e. The van der Waals surface area contributed by atoms with Crippen molar-refractivity contribution in [1.82, 2.24) is 0 Å². The highest BCUT2D eigenvalue weighted by Gasteiger charge is 2.65. The lowest BCUT2D eigenvalue weighted by Gasteiger charge is -2.69. The maximum absolute atomic E-state index is 10.8. The van der Waals surface area contributed by atoms with Crippen LogP contribution in [0.5, 0.6) is 0 Å². The Kier molecular flexibility index (Phi) is 4.02. The number of benzene rings is 1. The SMILES string of the molecule is CC1(C)[C@@H](O)CC[C@]2(C)[C@H]3CC[C@]4(C)c5ccccc5CC[C@H]4[C@]3(C)CC[C@@H]12. The molecule has 3 saturated carbocycles. The number of aryl methyl sites for hydroxylation is 1. The van der Waals surface area contributed by atoms with Crippen LogP contribution in [0.25, 0.3) is 0 Å². The molecular formula is C27H40O. The molecule has 1 heteroatoms. The van der Waals surface area contributed by atoms with Crippen LogP contribution in [0.4, 0.5) is 0 Å². The summed E-state index contributed by atoms with van der Waals surface area (Å²) < 4.78 is 0. The van der Waals surface area contributed by atoms with Gasteiger partial charge in [0.25, 0.3) is 0 Å². The molecule has 0 aromatic heterocycles. The second kappa shape index (κ2) is 5.87. The highest BCUT2D eigenvalue weighted by atomic mass is 16.3. The predicted octanol–water partition coefficient (Wildman–Crippen LogP) is 6.52. The van der Waals surface area contributed by atoms with Crippen molar-refractivity contribution >= 4 is 0 Å². The van der Waals surface area contributed by atoms with Gasteiger partial charge >= 0.3 is 0 Å². The molecule has 7 atom stereocenters. The summed E-state index contributed by atoms with van der Waals surface area (Å²) in [6, 6.07) is 9.33. The fraction of sp³-hybridized carbons (Fsp3) is 0.778. The van der Waals surface area contributed by atoms with Gasteiger partial charge in [-0.3, -0.25) is 0 Å². The second-order valence-electron chi connectivity index (χ2n) is 12.2. The van der Waals surface area contributed by atoms with Gasteiger partial charge in [-0.05, 0) is 102 Å². The third kappa shape index (κ3) is 2.23. The van der Waals surface area contributed by atoms with Crippen molar-refractivity contribution in [3.8, 4) is 0 Å². The number of hydrogen-bond donors (Lipinski definition) is 1. The number of fused-ring (bicyclic) bond motifs is 7. The van der Waals surface area contributed by atoms with Crippen molar-refractivity contribution in [1.29, 1.82) is 0 Å². The Balaban J connectivity index is 1.56. The summed E-state index contributed by atoms with van der Waals surface area (Å²) in [4.78, 5) is 0. The smallest absolute Gasteiger partial charge is 0.0594 e. The average molecular weight is 381 g/mol. The molecule has 4 aliphatic rings. The number of aliphatic hydroxyl groups excluding tert-OH is 1. The Hall–Kier alpha value is -0.820. The van der Waals surface area contributed by atoms with Gasteiger partial charge in [-0.25, -0.2) is 0 Å². The Morgan fingerprint density at radius 2 is 1.39 bits per heavy atom. The Labute approximate surface area is 172 Å². The maximum atomic E-state index is 10.8. The highest BCUT2D eigenvalue weighted by Crippen LogP contribution is 2.72. The molecule has 4 aliphatic carbocycles. The molecule has 1 nitrogen and oxygen atoms in total. The van der Waals surface area contributed by atoms with Gasteiger partial charge in [0.15, 0.2) is 0 Å². The van der Waals surface area contributed by atoms with Crippen LogP contribution in [-0.2, 0) is 11.8 Å². The van der Waals surface area contributed by atoms with Crippen LogP contribution in [0.1, 0.15) is 90.7 Å². The normalized spacial score (nSPS) is 49.4. The summed E-state index contributed by atoms with van der Waals surface area (Å²) in [5, 5.41) is 10.8. The minimum absolute atomic E-state index is 0.0637. The van der Waals surface area contributed by atoms with Crippen LogP contribution in [-0.4, -0.2) is 11.2 Å². The van der Waals surface area contributed by atoms with Gasteiger partial charge in [0.05, 0.1) is 6.10 Å². The van der Waals surface area contributed by atoms with E-state index in [1.54, 1.807) is 11.1 Å². The lowest BCUT2D eigenvalue weighted by Crippen LogP contribution is -2.64. The average Bonchev–Trinajstić information content (AvgIpc) is 2.64. The van der Waals surface area contributed by atoms with Crippen molar-refractivity contribution < 1.29 is 5.11 Å². The highest BCUT2D eigenvalue weighted by molar-refractivity contribution is 5.39. The molecule has 0 bridgehead atoms. The fourth-order valence-electron chi connectivity index (χ4n) is 9.57. The Morgan fingerprint density at radius 1 is 0.750 bits per heavy atom. The quantitative estimate of drug-likeness (QED) is 0.543. The van der Waals surface area contributed by atoms with E-state index in [9.17, 15) is 5.11 Å². The van der Waals surface area contributed by atoms with Crippen LogP contribution in [0.15, 0.2) is 24.3 Å². The zero-order valence-corrected chi connectivity index (χ0v) is 18.7. The van der Waals surface area contributed by atoms with Gasteiger partial charge < -0.3 is 5.11 Å². The summed E-state index contributed by atoms with van der Waals surface area (Å²) in [5.41, 5.74) is 4.54. The number of rotatable bonds is 0. The molecule has 5 rings (SSSR count). The summed E-state index contributed by atoms with van der Waals surface area (Å²) in [7, 11) is 0. The standard InChI is InChI=1S/C27H40O/c1-24(2)20-12-16-27(5)21-11-10-18-8-6-7-9-19(18)25(21,3)15-13-22(27)26(20,4)17-14-23(24)28/h6-9,20-23,28H,10-17H2,1-5H3/t20-,21+,22+,23-,25+,26-,27-/m0/s1. The Morgan fingerprint density at radius 3 is 2.18 bits per heavy atom. The van der Waals surface area contributed by atoms with E-state index < -0.39 is 0 Å². The summed E-state index contributed by atoms with van der Waals surface area (Å²) in [6.45, 7) is 12.6. The van der Waals surface area contributed by atoms with E-state index in [0.29, 0.717) is 22.2 Å². The first-order chi connectivity index (χ1) is 13.1. The minimum Gasteiger partial charge on any atom is -0.393 e. The molecule has 1 aromatic carbocycles. The second-order valence-corrected chi connectivity index (χ2v) is 12.2. The molecule has 3 fully saturated rings. The number of hydrogen-bond acceptors (Lipinski definition) is 1. The summed E-state index contributed by atoms with van der Waals surface area (Å²) in [5.74, 6) is 2.29. The van der Waals surface area contributed by atoms with E-state index in [4.69, 9.17) is 0 Å². The van der Waals surface area contributed by atoms with E-state index in [2.05, 4.69) is 58.9 Å². The van der Waals surface area contributed by atoms with E-state index in [0.717, 1.165) is 18.3 Å². The van der Waals surface area contributed by atoms with Crippen molar-refractivity contribution in [3.63, 3.8) is 0 Å². The molecule has 1 aromatic rings. The maximum Gasteiger partial charge on any atom is 0.0594 e. The van der Waals surface area contributed by atoms with Gasteiger partial charge in [0.1, 0.15) is 0 Å². The minimum atomic E-state index is -0.120.